The minimum Gasteiger partial charge on any atom is -0.478 e. The number of benzene rings is 2. The van der Waals surface area contributed by atoms with Crippen molar-refractivity contribution in [1.82, 2.24) is 0 Å². The van der Waals surface area contributed by atoms with Crippen LogP contribution in [-0.4, -0.2) is 11.1 Å². The number of anilines is 4. The van der Waals surface area contributed by atoms with Crippen molar-refractivity contribution in [2.24, 2.45) is 0 Å². The van der Waals surface area contributed by atoms with E-state index in [9.17, 15) is 4.79 Å². The Morgan fingerprint density at radius 2 is 1.64 bits per heavy atom. The lowest BCUT2D eigenvalue weighted by Gasteiger charge is -2.13. The van der Waals surface area contributed by atoms with Gasteiger partial charge < -0.3 is 21.9 Å². The van der Waals surface area contributed by atoms with Gasteiger partial charge in [0, 0.05) is 11.4 Å². The molecule has 0 unspecified atom stereocenters. The van der Waals surface area contributed by atoms with Crippen LogP contribution < -0.4 is 16.8 Å². The molecule has 0 radical (unpaired) electrons. The van der Waals surface area contributed by atoms with Crippen LogP contribution in [0.3, 0.4) is 0 Å². The molecule has 0 atom stereocenters. The molecule has 0 aliphatic rings. The number of carboxylic acids is 1. The second-order valence-electron chi connectivity index (χ2n) is 4.31. The van der Waals surface area contributed by atoms with Crippen molar-refractivity contribution < 1.29 is 9.90 Å². The Morgan fingerprint density at radius 3 is 2.18 bits per heavy atom. The standard InChI is InChI=1S/C14H15N3O2.3ClH/c1-8-2-3-9(14(18)19)6-13(8)17-12-5-4-10(15)7-11(12)16;;;/h2-7,17H,15-16H2,1H3,(H,18,19);3*1H. The summed E-state index contributed by atoms with van der Waals surface area (Å²) in [6.07, 6.45) is 0. The molecule has 0 heterocycles. The number of rotatable bonds is 3. The fraction of sp³-hybridized carbons (Fsp3) is 0.0714. The van der Waals surface area contributed by atoms with Gasteiger partial charge in [0.1, 0.15) is 0 Å². The van der Waals surface area contributed by atoms with Crippen molar-refractivity contribution in [2.45, 2.75) is 6.92 Å². The molecule has 0 aliphatic carbocycles. The van der Waals surface area contributed by atoms with Crippen LogP contribution in [0, 0.1) is 6.92 Å². The minimum atomic E-state index is -0.965. The van der Waals surface area contributed by atoms with Crippen molar-refractivity contribution in [1.29, 1.82) is 0 Å². The van der Waals surface area contributed by atoms with Crippen LogP contribution >= 0.6 is 37.2 Å². The molecule has 0 amide bonds. The summed E-state index contributed by atoms with van der Waals surface area (Å²) in [4.78, 5) is 11.0. The first kappa shape index (κ1) is 22.5. The summed E-state index contributed by atoms with van der Waals surface area (Å²) in [5.41, 5.74) is 15.1. The van der Waals surface area contributed by atoms with Crippen molar-refractivity contribution in [3.05, 3.63) is 47.5 Å². The second kappa shape index (κ2) is 9.25. The molecule has 0 saturated carbocycles. The highest BCUT2D eigenvalue weighted by atomic mass is 35.5. The predicted molar refractivity (Wildman–Crippen MR) is 98.4 cm³/mol. The average molecular weight is 367 g/mol. The quantitative estimate of drug-likeness (QED) is 0.618. The highest BCUT2D eigenvalue weighted by molar-refractivity contribution is 5.90. The number of nitrogens with one attached hydrogen (secondary N) is 1. The van der Waals surface area contributed by atoms with E-state index in [1.165, 1.54) is 0 Å². The summed E-state index contributed by atoms with van der Waals surface area (Å²) in [6, 6.07) is 10.0. The highest BCUT2D eigenvalue weighted by Gasteiger charge is 2.07. The molecule has 5 nitrogen and oxygen atoms in total. The van der Waals surface area contributed by atoms with E-state index in [1.54, 1.807) is 36.4 Å². The largest absolute Gasteiger partial charge is 0.478 e. The number of hydrogen-bond acceptors (Lipinski definition) is 4. The molecule has 2 rings (SSSR count). The zero-order valence-corrected chi connectivity index (χ0v) is 14.1. The Bertz CT molecular complexity index is 651. The molecule has 0 bridgehead atoms. The number of hydrogen-bond donors (Lipinski definition) is 4. The first-order valence-electron chi connectivity index (χ1n) is 5.73. The van der Waals surface area contributed by atoms with Crippen LogP contribution in [0.15, 0.2) is 36.4 Å². The van der Waals surface area contributed by atoms with Gasteiger partial charge in [-0.2, -0.15) is 0 Å². The van der Waals surface area contributed by atoms with E-state index in [-0.39, 0.29) is 42.8 Å². The zero-order valence-electron chi connectivity index (χ0n) is 11.7. The number of carbonyl (C=O) groups is 1. The summed E-state index contributed by atoms with van der Waals surface area (Å²) < 4.78 is 0. The summed E-state index contributed by atoms with van der Waals surface area (Å²) in [5, 5.41) is 12.1. The van der Waals surface area contributed by atoms with Gasteiger partial charge in [0.15, 0.2) is 0 Å². The number of aromatic carboxylic acids is 1. The van der Waals surface area contributed by atoms with Crippen LogP contribution in [-0.2, 0) is 0 Å². The summed E-state index contributed by atoms with van der Waals surface area (Å²) in [5.74, 6) is -0.965. The Morgan fingerprint density at radius 1 is 1.00 bits per heavy atom. The monoisotopic (exact) mass is 365 g/mol. The fourth-order valence-electron chi connectivity index (χ4n) is 1.73. The number of nitrogen functional groups attached to an aromatic ring is 2. The van der Waals surface area contributed by atoms with Crippen LogP contribution in [0.25, 0.3) is 0 Å². The van der Waals surface area contributed by atoms with Crippen molar-refractivity contribution in [3.63, 3.8) is 0 Å². The lowest BCUT2D eigenvalue weighted by atomic mass is 10.1. The molecule has 22 heavy (non-hydrogen) atoms. The molecule has 8 heteroatoms. The van der Waals surface area contributed by atoms with E-state index in [0.717, 1.165) is 5.56 Å². The van der Waals surface area contributed by atoms with E-state index in [2.05, 4.69) is 5.32 Å². The van der Waals surface area contributed by atoms with Crippen LogP contribution in [0.4, 0.5) is 22.7 Å². The molecule has 6 N–H and O–H groups in total. The maximum absolute atomic E-state index is 11.0. The van der Waals surface area contributed by atoms with E-state index in [4.69, 9.17) is 16.6 Å². The maximum atomic E-state index is 11.0. The van der Waals surface area contributed by atoms with Gasteiger partial charge in [0.25, 0.3) is 0 Å². The van der Waals surface area contributed by atoms with E-state index < -0.39 is 5.97 Å². The predicted octanol–water partition coefficient (Wildman–Crippen LogP) is 3.87. The van der Waals surface area contributed by atoms with Crippen LogP contribution in [0.1, 0.15) is 15.9 Å². The molecule has 0 aliphatic heterocycles. The van der Waals surface area contributed by atoms with Gasteiger partial charge in [-0.25, -0.2) is 4.79 Å². The Balaban J connectivity index is 0. The highest BCUT2D eigenvalue weighted by Crippen LogP contribution is 2.27. The molecular weight excluding hydrogens is 349 g/mol. The van der Waals surface area contributed by atoms with Crippen molar-refractivity contribution in [3.8, 4) is 0 Å². The van der Waals surface area contributed by atoms with Crippen molar-refractivity contribution in [2.75, 3.05) is 16.8 Å². The molecular formula is C14H18Cl3N3O2. The van der Waals surface area contributed by atoms with Crippen LogP contribution in [0.5, 0.6) is 0 Å². The molecule has 0 fully saturated rings. The Kier molecular flexibility index (Phi) is 9.44. The molecule has 0 saturated heterocycles. The van der Waals surface area contributed by atoms with Gasteiger partial charge in [-0.15, -0.1) is 37.2 Å². The smallest absolute Gasteiger partial charge is 0.335 e. The topological polar surface area (TPSA) is 101 Å². The van der Waals surface area contributed by atoms with Gasteiger partial charge in [-0.05, 0) is 42.8 Å². The van der Waals surface area contributed by atoms with Gasteiger partial charge >= 0.3 is 5.97 Å². The SMILES string of the molecule is Cc1ccc(C(=O)O)cc1Nc1ccc(N)cc1N.Cl.Cl.Cl. The minimum absolute atomic E-state index is 0. The molecule has 0 spiro atoms. The maximum Gasteiger partial charge on any atom is 0.335 e. The summed E-state index contributed by atoms with van der Waals surface area (Å²) in [7, 11) is 0. The second-order valence-corrected chi connectivity index (χ2v) is 4.31. The van der Waals surface area contributed by atoms with Gasteiger partial charge in [0.2, 0.25) is 0 Å². The molecule has 2 aromatic rings. The third-order valence-corrected chi connectivity index (χ3v) is 2.83. The third-order valence-electron chi connectivity index (χ3n) is 2.83. The Hall–Kier alpha value is -1.82. The van der Waals surface area contributed by atoms with E-state index >= 15 is 0 Å². The van der Waals surface area contributed by atoms with E-state index in [0.29, 0.717) is 22.7 Å². The van der Waals surface area contributed by atoms with Crippen molar-refractivity contribution >= 4 is 65.9 Å². The number of aryl methyl sites for hydroxylation is 1. The van der Waals surface area contributed by atoms with Crippen LogP contribution in [0.2, 0.25) is 0 Å². The third kappa shape index (κ3) is 5.18. The van der Waals surface area contributed by atoms with E-state index in [1.807, 2.05) is 6.92 Å². The number of halogens is 3. The number of nitrogens with two attached hydrogens (primary N) is 2. The number of carboxylic acid groups (broad SMARTS) is 1. The van der Waals surface area contributed by atoms with Gasteiger partial charge in [-0.3, -0.25) is 0 Å². The summed E-state index contributed by atoms with van der Waals surface area (Å²) >= 11 is 0. The fourth-order valence-corrected chi connectivity index (χ4v) is 1.73. The molecule has 2 aromatic carbocycles. The first-order chi connectivity index (χ1) is 8.97. The van der Waals surface area contributed by atoms with Gasteiger partial charge in [-0.1, -0.05) is 6.07 Å². The summed E-state index contributed by atoms with van der Waals surface area (Å²) in [6.45, 7) is 1.89. The normalized spacial score (nSPS) is 8.77. The lowest BCUT2D eigenvalue weighted by molar-refractivity contribution is 0.0697. The Labute approximate surface area is 147 Å². The first-order valence-corrected chi connectivity index (χ1v) is 5.73. The zero-order chi connectivity index (χ0) is 14.0. The average Bonchev–Trinajstić information content (AvgIpc) is 2.34. The molecule has 0 aromatic heterocycles. The lowest BCUT2D eigenvalue weighted by Crippen LogP contribution is -2.02. The molecule has 122 valence electrons. The van der Waals surface area contributed by atoms with Gasteiger partial charge in [0.05, 0.1) is 16.9 Å².